The van der Waals surface area contributed by atoms with E-state index < -0.39 is 27.5 Å². The summed E-state index contributed by atoms with van der Waals surface area (Å²) in [6.07, 6.45) is 0.715. The maximum Gasteiger partial charge on any atom is 0.314 e. The van der Waals surface area contributed by atoms with Crippen LogP contribution in [0.25, 0.3) is 0 Å². The highest BCUT2D eigenvalue weighted by molar-refractivity contribution is 7.89. The third-order valence-corrected chi connectivity index (χ3v) is 10.1. The number of carbonyl (C=O) groups excluding carboxylic acids is 1. The second kappa shape index (κ2) is 13.7. The summed E-state index contributed by atoms with van der Waals surface area (Å²) in [5.41, 5.74) is 9.77. The van der Waals surface area contributed by atoms with E-state index in [9.17, 15) is 13.2 Å². The van der Waals surface area contributed by atoms with Crippen LogP contribution >= 0.6 is 0 Å². The van der Waals surface area contributed by atoms with Crippen LogP contribution in [0.15, 0.2) is 77.8 Å². The zero-order valence-corrected chi connectivity index (χ0v) is 27.7. The number of rotatable bonds is 11. The third kappa shape index (κ3) is 7.15. The number of ether oxygens (including phenoxy) is 3. The van der Waals surface area contributed by atoms with Crippen molar-refractivity contribution in [2.45, 2.75) is 71.0 Å². The predicted molar refractivity (Wildman–Crippen MR) is 172 cm³/mol. The quantitative estimate of drug-likeness (QED) is 0.233. The molecule has 11 nitrogen and oxygen atoms in total. The number of carbonyl (C=O) groups is 1. The van der Waals surface area contributed by atoms with Gasteiger partial charge < -0.3 is 19.9 Å². The van der Waals surface area contributed by atoms with Crippen molar-refractivity contribution in [3.63, 3.8) is 0 Å². The van der Waals surface area contributed by atoms with Crippen molar-refractivity contribution < 1.29 is 27.4 Å². The molecular formula is C34H41N5O6S. The summed E-state index contributed by atoms with van der Waals surface area (Å²) in [5, 5.41) is 8.55. The van der Waals surface area contributed by atoms with Gasteiger partial charge in [0.15, 0.2) is 0 Å². The number of aryl methyl sites for hydroxylation is 1. The number of nitrogens with two attached hydrogens (primary N) is 1. The first-order valence-corrected chi connectivity index (χ1v) is 16.6. The molecule has 1 aliphatic heterocycles. The van der Waals surface area contributed by atoms with Crippen molar-refractivity contribution in [2.24, 2.45) is 11.1 Å². The summed E-state index contributed by atoms with van der Waals surface area (Å²) in [7, 11) is -2.49. The summed E-state index contributed by atoms with van der Waals surface area (Å²) < 4.78 is 48.2. The van der Waals surface area contributed by atoms with Crippen molar-refractivity contribution in [1.29, 1.82) is 0 Å². The highest BCUT2D eigenvalue weighted by Crippen LogP contribution is 2.40. The number of fused-ring (bicyclic) bond motifs is 1. The van der Waals surface area contributed by atoms with Gasteiger partial charge in [-0.25, -0.2) is 13.1 Å². The lowest BCUT2D eigenvalue weighted by Crippen LogP contribution is -2.36. The summed E-state index contributed by atoms with van der Waals surface area (Å²) >= 11 is 0. The second-order valence-electron chi connectivity index (χ2n) is 12.2. The van der Waals surface area contributed by atoms with Crippen molar-refractivity contribution in [3.05, 3.63) is 106 Å². The number of hydrogen-bond donors (Lipinski definition) is 1. The number of para-hydroxylation sites is 1. The molecule has 1 aliphatic rings. The third-order valence-electron chi connectivity index (χ3n) is 8.20. The minimum atomic E-state index is -3.84. The lowest BCUT2D eigenvalue weighted by atomic mass is 9.81. The maximum atomic E-state index is 13.7. The molecule has 0 saturated heterocycles. The van der Waals surface area contributed by atoms with Crippen molar-refractivity contribution in [2.75, 3.05) is 13.7 Å². The van der Waals surface area contributed by atoms with Crippen LogP contribution in [0, 0.1) is 12.3 Å². The number of aromatic nitrogens is 3. The molecule has 3 aromatic carbocycles. The molecule has 1 aromatic heterocycles. The molecule has 2 atom stereocenters. The standard InChI is InChI=1S/C34H41N5O6S/c1-23-13-14-27(16-28(23)20-39-18-24(2)45-30-11-6-7-12-31(30)46(39,41)42)32(34(3,4)33(40)43-5)44-22-29-21-38(37-36-29)19-26-10-8-9-25(15-26)17-35/h6-16,21,24,32H,17-20,22,35H2,1-5H3/t24-,32?/m1/s1. The van der Waals surface area contributed by atoms with Crippen molar-refractivity contribution >= 4 is 16.0 Å². The molecule has 46 heavy (non-hydrogen) atoms. The van der Waals surface area contributed by atoms with Gasteiger partial charge in [-0.2, -0.15) is 4.31 Å². The molecule has 0 aliphatic carbocycles. The van der Waals surface area contributed by atoms with Gasteiger partial charge in [0.1, 0.15) is 22.4 Å². The second-order valence-corrected chi connectivity index (χ2v) is 14.1. The smallest absolute Gasteiger partial charge is 0.314 e. The molecule has 2 N–H and O–H groups in total. The Morgan fingerprint density at radius 2 is 1.85 bits per heavy atom. The summed E-state index contributed by atoms with van der Waals surface area (Å²) in [5.74, 6) is -0.0991. The van der Waals surface area contributed by atoms with Crippen molar-refractivity contribution in [3.8, 4) is 5.75 Å². The number of sulfonamides is 1. The van der Waals surface area contributed by atoms with Crippen LogP contribution in [0.1, 0.15) is 60.4 Å². The van der Waals surface area contributed by atoms with E-state index >= 15 is 0 Å². The number of methoxy groups -OCH3 is 1. The number of esters is 1. The van der Waals surface area contributed by atoms with Gasteiger partial charge in [0.25, 0.3) is 0 Å². The molecule has 5 rings (SSSR count). The molecule has 4 aromatic rings. The molecular weight excluding hydrogens is 606 g/mol. The highest BCUT2D eigenvalue weighted by Gasteiger charge is 2.41. The van der Waals surface area contributed by atoms with E-state index in [1.807, 2.05) is 62.5 Å². The van der Waals surface area contributed by atoms with Gasteiger partial charge in [-0.15, -0.1) is 5.10 Å². The first-order valence-electron chi connectivity index (χ1n) is 15.1. The van der Waals surface area contributed by atoms with Gasteiger partial charge in [0.05, 0.1) is 44.5 Å². The van der Waals surface area contributed by atoms with E-state index in [0.717, 1.165) is 22.3 Å². The van der Waals surface area contributed by atoms with Crippen LogP contribution in [0.4, 0.5) is 0 Å². The number of hydrogen-bond acceptors (Lipinski definition) is 9. The molecule has 12 heteroatoms. The van der Waals surface area contributed by atoms with Gasteiger partial charge in [-0.1, -0.05) is 59.8 Å². The summed E-state index contributed by atoms with van der Waals surface area (Å²) in [4.78, 5) is 13.2. The molecule has 244 valence electrons. The van der Waals surface area contributed by atoms with Gasteiger partial charge >= 0.3 is 5.97 Å². The Balaban J connectivity index is 1.40. The van der Waals surface area contributed by atoms with Crippen LogP contribution in [0.2, 0.25) is 0 Å². The molecule has 0 saturated carbocycles. The SMILES string of the molecule is COC(=O)C(C)(C)C(OCc1cn(Cc2cccc(CN)c2)nn1)c1ccc(C)c(CN2C[C@@H](C)Oc3ccccc3S2(=O)=O)c1. The predicted octanol–water partition coefficient (Wildman–Crippen LogP) is 4.52. The first-order chi connectivity index (χ1) is 21.9. The summed E-state index contributed by atoms with van der Waals surface area (Å²) in [6.45, 7) is 8.67. The van der Waals surface area contributed by atoms with Crippen molar-refractivity contribution in [1.82, 2.24) is 19.3 Å². The normalized spacial score (nSPS) is 17.0. The van der Waals surface area contributed by atoms with E-state index in [0.29, 0.717) is 30.1 Å². The Bertz CT molecular complexity index is 1800. The Morgan fingerprint density at radius 3 is 2.61 bits per heavy atom. The molecule has 1 unspecified atom stereocenters. The van der Waals surface area contributed by atoms with Crippen LogP contribution in [-0.4, -0.2) is 53.4 Å². The highest BCUT2D eigenvalue weighted by atomic mass is 32.2. The first kappa shape index (κ1) is 33.3. The average molecular weight is 648 g/mol. The van der Waals surface area contributed by atoms with E-state index in [4.69, 9.17) is 19.9 Å². The maximum absolute atomic E-state index is 13.7. The van der Waals surface area contributed by atoms with E-state index in [-0.39, 0.29) is 30.7 Å². The lowest BCUT2D eigenvalue weighted by molar-refractivity contribution is -0.162. The van der Waals surface area contributed by atoms with Gasteiger partial charge in [-0.3, -0.25) is 4.79 Å². The lowest BCUT2D eigenvalue weighted by Gasteiger charge is -2.32. The fourth-order valence-corrected chi connectivity index (χ4v) is 7.30. The van der Waals surface area contributed by atoms with Crippen LogP contribution in [0.5, 0.6) is 5.75 Å². The molecule has 0 amide bonds. The fourth-order valence-electron chi connectivity index (χ4n) is 5.69. The molecule has 2 heterocycles. The largest absolute Gasteiger partial charge is 0.488 e. The monoisotopic (exact) mass is 647 g/mol. The minimum Gasteiger partial charge on any atom is -0.488 e. The fraction of sp³-hybridized carbons (Fsp3) is 0.382. The average Bonchev–Trinajstić information content (AvgIpc) is 3.45. The Morgan fingerprint density at radius 1 is 1.09 bits per heavy atom. The van der Waals surface area contributed by atoms with Gasteiger partial charge in [0.2, 0.25) is 10.0 Å². The zero-order valence-electron chi connectivity index (χ0n) is 26.8. The molecule has 0 radical (unpaired) electrons. The van der Waals surface area contributed by atoms with E-state index in [1.165, 1.54) is 11.4 Å². The number of nitrogens with zero attached hydrogens (tertiary/aromatic N) is 4. The van der Waals surface area contributed by atoms with E-state index in [2.05, 4.69) is 10.3 Å². The molecule has 0 spiro atoms. The molecule has 0 fully saturated rings. The molecule has 0 bridgehead atoms. The van der Waals surface area contributed by atoms with Crippen LogP contribution < -0.4 is 10.5 Å². The zero-order chi connectivity index (χ0) is 33.1. The summed E-state index contributed by atoms with van der Waals surface area (Å²) in [6, 6.07) is 20.4. The Labute approximate surface area is 270 Å². The Kier molecular flexibility index (Phi) is 9.92. The van der Waals surface area contributed by atoms with E-state index in [1.54, 1.807) is 42.8 Å². The minimum absolute atomic E-state index is 0.0866. The van der Waals surface area contributed by atoms with Gasteiger partial charge in [0, 0.05) is 13.1 Å². The van der Waals surface area contributed by atoms with Gasteiger partial charge in [-0.05, 0) is 67.6 Å². The van der Waals surface area contributed by atoms with Crippen LogP contribution in [0.3, 0.4) is 0 Å². The topological polar surface area (TPSA) is 139 Å². The Hall–Kier alpha value is -4.10. The van der Waals surface area contributed by atoms with Crippen LogP contribution in [-0.2, 0) is 50.5 Å². The number of benzene rings is 3.